The molecule has 0 aromatic rings. The van der Waals surface area contributed by atoms with Crippen LogP contribution in [0.3, 0.4) is 0 Å². The summed E-state index contributed by atoms with van der Waals surface area (Å²) in [4.78, 5) is 0. The lowest BCUT2D eigenvalue weighted by Crippen LogP contribution is -1.29. The van der Waals surface area contributed by atoms with Crippen molar-refractivity contribution in [2.45, 2.75) is 0 Å². The predicted octanol–water partition coefficient (Wildman–Crippen LogP) is -0.341. The molecule has 0 aromatic carbocycles. The van der Waals surface area contributed by atoms with E-state index in [2.05, 4.69) is 22.4 Å². The highest BCUT2D eigenvalue weighted by Gasteiger charge is 1.28. The molecule has 24 valence electrons. The average molecular weight is 112 g/mol. The minimum Gasteiger partial charge on any atom is -0.202 e. The topological polar surface area (TPSA) is 17.1 Å². The molecule has 0 aromatic heterocycles. The fourth-order valence-electron chi connectivity index (χ4n) is 0. The second-order valence-electron chi connectivity index (χ2n) is 0.204. The molecular formula is OS3. The van der Waals surface area contributed by atoms with Crippen LogP contribution in [0.2, 0.25) is 0 Å². The van der Waals surface area contributed by atoms with Gasteiger partial charge in [-0.05, 0) is 0 Å². The summed E-state index contributed by atoms with van der Waals surface area (Å²) >= 11 is 7.81. The molecule has 0 N–H and O–H groups in total. The van der Waals surface area contributed by atoms with Gasteiger partial charge in [0.2, 0.25) is 0 Å². The fourth-order valence-corrected chi connectivity index (χ4v) is 0. The first-order chi connectivity index (χ1) is 1.73. The van der Waals surface area contributed by atoms with Crippen LogP contribution >= 0.6 is 0 Å². The van der Waals surface area contributed by atoms with E-state index in [9.17, 15) is 4.21 Å². The van der Waals surface area contributed by atoms with Crippen molar-refractivity contribution in [3.8, 4) is 0 Å². The van der Waals surface area contributed by atoms with E-state index in [1.165, 1.54) is 0 Å². The van der Waals surface area contributed by atoms with Gasteiger partial charge in [0.1, 0.15) is 7.92 Å². The first-order valence-electron chi connectivity index (χ1n) is 0.500. The van der Waals surface area contributed by atoms with Crippen LogP contribution in [0.1, 0.15) is 0 Å². The molecule has 1 nitrogen and oxygen atoms in total. The van der Waals surface area contributed by atoms with Gasteiger partial charge in [-0.25, -0.2) is 4.21 Å². The Morgan fingerprint density at radius 3 is 1.50 bits per heavy atom. The molecule has 0 spiro atoms. The Balaban J connectivity index is 4.65. The van der Waals surface area contributed by atoms with Gasteiger partial charge < -0.3 is 0 Å². The Kier molecular flexibility index (Phi) is 1.95. The summed E-state index contributed by atoms with van der Waals surface area (Å²) in [6.07, 6.45) is 0. The van der Waals surface area contributed by atoms with Crippen LogP contribution in [0, 0.1) is 0 Å². The predicted molar refractivity (Wildman–Crippen MR) is 22.9 cm³/mol. The number of hydrogen-bond acceptors (Lipinski definition) is 3. The lowest BCUT2D eigenvalue weighted by molar-refractivity contribution is 0.701. The van der Waals surface area contributed by atoms with Crippen LogP contribution in [-0.2, 0) is 30.3 Å². The molecule has 0 aliphatic rings. The Morgan fingerprint density at radius 2 is 1.50 bits per heavy atom. The molecule has 0 saturated heterocycles. The van der Waals surface area contributed by atoms with E-state index < -0.39 is 7.92 Å². The molecule has 0 radical (unpaired) electrons. The van der Waals surface area contributed by atoms with Crippen LogP contribution in [0.5, 0.6) is 0 Å². The second-order valence-corrected chi connectivity index (χ2v) is 3.06. The third-order valence-corrected chi connectivity index (χ3v) is 0. The van der Waals surface area contributed by atoms with E-state index in [-0.39, 0.29) is 0 Å². The molecule has 0 fully saturated rings. The van der Waals surface area contributed by atoms with Crippen molar-refractivity contribution in [3.05, 3.63) is 0 Å². The maximum absolute atomic E-state index is 9.19. The van der Waals surface area contributed by atoms with E-state index in [1.807, 2.05) is 0 Å². The van der Waals surface area contributed by atoms with E-state index >= 15 is 0 Å². The Hall–Kier alpha value is 0.460. The van der Waals surface area contributed by atoms with E-state index in [4.69, 9.17) is 0 Å². The Morgan fingerprint density at radius 1 is 1.50 bits per heavy atom. The maximum Gasteiger partial charge on any atom is 0.142 e. The van der Waals surface area contributed by atoms with Gasteiger partial charge in [0.15, 0.2) is 0 Å². The second kappa shape index (κ2) is 1.75. The van der Waals surface area contributed by atoms with Crippen LogP contribution in [0.4, 0.5) is 0 Å². The molecule has 0 aliphatic heterocycles. The van der Waals surface area contributed by atoms with Crippen LogP contribution in [0.15, 0.2) is 0 Å². The number of rotatable bonds is 0. The Bertz CT molecular complexity index is 72.7. The third kappa shape index (κ3) is 24.8. The summed E-state index contributed by atoms with van der Waals surface area (Å²) < 4.78 is 9.19. The van der Waals surface area contributed by atoms with E-state index in [1.54, 1.807) is 0 Å². The normalized spacial score (nSPS) is 6.00. The van der Waals surface area contributed by atoms with Gasteiger partial charge in [0.05, 0.1) is 0 Å². The van der Waals surface area contributed by atoms with Gasteiger partial charge in [0, 0.05) is 22.4 Å². The third-order valence-electron chi connectivity index (χ3n) is 0. The molecule has 4 heteroatoms. The smallest absolute Gasteiger partial charge is 0.142 e. The molecule has 0 unspecified atom stereocenters. The molecular weight excluding hydrogens is 112 g/mol. The summed E-state index contributed by atoms with van der Waals surface area (Å²) in [7, 11) is -1.44. The molecule has 0 heterocycles. The number of hydrogen-bond donors (Lipinski definition) is 0. The van der Waals surface area contributed by atoms with Gasteiger partial charge in [-0.2, -0.15) is 0 Å². The summed E-state index contributed by atoms with van der Waals surface area (Å²) in [5, 5.41) is 0. The van der Waals surface area contributed by atoms with Gasteiger partial charge in [0.25, 0.3) is 0 Å². The van der Waals surface area contributed by atoms with E-state index in [0.717, 1.165) is 0 Å². The van der Waals surface area contributed by atoms with Crippen molar-refractivity contribution in [2.24, 2.45) is 0 Å². The first-order valence-corrected chi connectivity index (χ1v) is 3.50. The van der Waals surface area contributed by atoms with Crippen molar-refractivity contribution >= 4 is 30.3 Å². The van der Waals surface area contributed by atoms with Crippen molar-refractivity contribution in [3.63, 3.8) is 0 Å². The van der Waals surface area contributed by atoms with Gasteiger partial charge in [-0.3, -0.25) is 0 Å². The minimum atomic E-state index is -1.44. The van der Waals surface area contributed by atoms with Crippen molar-refractivity contribution in [1.82, 2.24) is 0 Å². The summed E-state index contributed by atoms with van der Waals surface area (Å²) in [5.41, 5.74) is 0. The zero-order valence-electron chi connectivity index (χ0n) is 1.63. The zero-order chi connectivity index (χ0) is 3.58. The van der Waals surface area contributed by atoms with Crippen molar-refractivity contribution in [2.75, 3.05) is 0 Å². The molecule has 0 amide bonds. The highest BCUT2D eigenvalue weighted by Crippen LogP contribution is 1.18. The lowest BCUT2D eigenvalue weighted by Gasteiger charge is -1.19. The highest BCUT2D eigenvalue weighted by molar-refractivity contribution is 8.40. The van der Waals surface area contributed by atoms with Gasteiger partial charge in [-0.1, -0.05) is 0 Å². The van der Waals surface area contributed by atoms with Crippen molar-refractivity contribution in [1.29, 1.82) is 0 Å². The molecule has 0 saturated carbocycles. The SMILES string of the molecule is O=S(=S)=S. The average Bonchev–Trinajstić information content (AvgIpc) is 0.811. The monoisotopic (exact) mass is 112 g/mol. The molecule has 0 bridgehead atoms. The van der Waals surface area contributed by atoms with Gasteiger partial charge >= 0.3 is 0 Å². The first kappa shape index (κ1) is 4.46. The quantitative estimate of drug-likeness (QED) is 0.427. The van der Waals surface area contributed by atoms with Crippen LogP contribution in [-0.4, -0.2) is 4.21 Å². The van der Waals surface area contributed by atoms with Gasteiger partial charge in [-0.15, -0.1) is 0 Å². The Labute approximate surface area is 35.0 Å². The fraction of sp³-hybridized carbons (Fsp3) is 0. The zero-order valence-corrected chi connectivity index (χ0v) is 4.08. The van der Waals surface area contributed by atoms with Crippen LogP contribution in [0.25, 0.3) is 0 Å². The molecule has 0 atom stereocenters. The van der Waals surface area contributed by atoms with Crippen LogP contribution < -0.4 is 0 Å². The lowest BCUT2D eigenvalue weighted by atomic mass is 16.0. The summed E-state index contributed by atoms with van der Waals surface area (Å²) in [6, 6.07) is 0. The molecule has 0 rings (SSSR count). The molecule has 0 aliphatic carbocycles. The van der Waals surface area contributed by atoms with E-state index in [0.29, 0.717) is 0 Å². The standard InChI is InChI=1S/OS3/c1-4(2)3. The largest absolute Gasteiger partial charge is 0.202 e. The molecule has 4 heavy (non-hydrogen) atoms. The maximum atomic E-state index is 9.19. The highest BCUT2D eigenvalue weighted by atomic mass is 33.1. The van der Waals surface area contributed by atoms with Crippen molar-refractivity contribution < 1.29 is 4.21 Å². The summed E-state index contributed by atoms with van der Waals surface area (Å²) in [6.45, 7) is 0. The minimum absolute atomic E-state index is 1.44. The summed E-state index contributed by atoms with van der Waals surface area (Å²) in [5.74, 6) is 0.